The van der Waals surface area contributed by atoms with E-state index in [2.05, 4.69) is 53.4 Å². The second-order valence-corrected chi connectivity index (χ2v) is 7.80. The van der Waals surface area contributed by atoms with Gasteiger partial charge in [-0.1, -0.05) is 84.9 Å². The van der Waals surface area contributed by atoms with Crippen LogP contribution in [0.5, 0.6) is 0 Å². The van der Waals surface area contributed by atoms with Crippen molar-refractivity contribution in [1.82, 2.24) is 0 Å². The fourth-order valence-corrected chi connectivity index (χ4v) is 3.79. The molecule has 4 heteroatoms. The zero-order chi connectivity index (χ0) is 24.5. The number of nitriles is 2. The lowest BCUT2D eigenvalue weighted by atomic mass is 9.93. The zero-order valence-corrected chi connectivity index (χ0v) is 18.9. The average Bonchev–Trinajstić information content (AvgIpc) is 2.93. The van der Waals surface area contributed by atoms with Crippen molar-refractivity contribution in [3.05, 3.63) is 137 Å². The van der Waals surface area contributed by atoms with Crippen molar-refractivity contribution >= 4 is 35.1 Å². The van der Waals surface area contributed by atoms with Crippen molar-refractivity contribution in [1.29, 1.82) is 10.5 Å². The van der Waals surface area contributed by atoms with Crippen molar-refractivity contribution < 1.29 is 0 Å². The van der Waals surface area contributed by atoms with Crippen molar-refractivity contribution in [2.24, 2.45) is 0 Å². The Labute approximate surface area is 205 Å². The fourth-order valence-electron chi connectivity index (χ4n) is 3.79. The predicted molar refractivity (Wildman–Crippen MR) is 142 cm³/mol. The Morgan fingerprint density at radius 3 is 1.54 bits per heavy atom. The van der Waals surface area contributed by atoms with Crippen LogP contribution in [-0.2, 0) is 0 Å². The van der Waals surface area contributed by atoms with E-state index in [4.69, 9.17) is 10.7 Å². The molecule has 4 rings (SSSR count). The summed E-state index contributed by atoms with van der Waals surface area (Å²) >= 11 is 0. The van der Waals surface area contributed by atoms with E-state index in [0.717, 1.165) is 28.2 Å². The lowest BCUT2D eigenvalue weighted by Crippen LogP contribution is -2.09. The first-order valence-electron chi connectivity index (χ1n) is 11.1. The Hall–Kier alpha value is -5.15. The van der Waals surface area contributed by atoms with E-state index in [1.807, 2.05) is 78.7 Å². The molecule has 1 unspecified atom stereocenters. The smallest absolute Gasteiger partial charge is 0.112 e. The van der Waals surface area contributed by atoms with E-state index >= 15 is 0 Å². The molecule has 0 fully saturated rings. The average molecular weight is 450 g/mol. The molecule has 0 aromatic heterocycles. The van der Waals surface area contributed by atoms with E-state index < -0.39 is 5.92 Å². The Balaban J connectivity index is 1.54. The summed E-state index contributed by atoms with van der Waals surface area (Å²) in [5, 5.41) is 27.5. The molecule has 0 saturated carbocycles. The minimum Gasteiger partial charge on any atom is -0.762 e. The monoisotopic (exact) mass is 449 g/mol. The highest BCUT2D eigenvalue weighted by molar-refractivity contribution is 5.78. The van der Waals surface area contributed by atoms with Gasteiger partial charge in [0.2, 0.25) is 0 Å². The van der Waals surface area contributed by atoms with Crippen LogP contribution < -0.4 is 4.90 Å². The normalized spacial score (nSPS) is 11.1. The topological polar surface area (TPSA) is 73.1 Å². The fraction of sp³-hybridized carbons (Fsp3) is 0.0323. The van der Waals surface area contributed by atoms with Crippen LogP contribution in [0.3, 0.4) is 0 Å². The molecule has 0 N–H and O–H groups in total. The summed E-state index contributed by atoms with van der Waals surface area (Å²) in [5.41, 5.74) is 5.79. The summed E-state index contributed by atoms with van der Waals surface area (Å²) in [6.07, 6.45) is 4.02. The van der Waals surface area contributed by atoms with Crippen molar-refractivity contribution in [2.45, 2.75) is 5.92 Å². The quantitative estimate of drug-likeness (QED) is 0.165. The van der Waals surface area contributed by atoms with Gasteiger partial charge in [0.25, 0.3) is 0 Å². The first-order valence-corrected chi connectivity index (χ1v) is 11.1. The summed E-state index contributed by atoms with van der Waals surface area (Å²) < 4.78 is 0. The number of nitrogens with zero attached hydrogens (tertiary/aromatic N) is 4. The molecule has 0 aliphatic rings. The van der Waals surface area contributed by atoms with Crippen LogP contribution in [0.25, 0.3) is 17.6 Å². The van der Waals surface area contributed by atoms with E-state index in [9.17, 15) is 5.26 Å². The van der Waals surface area contributed by atoms with E-state index in [1.165, 1.54) is 0 Å². The predicted octanol–water partition coefficient (Wildman–Crippen LogP) is 7.62. The summed E-state index contributed by atoms with van der Waals surface area (Å²) in [4.78, 5) is 2.21. The third-order valence-electron chi connectivity index (χ3n) is 5.58. The maximum absolute atomic E-state index is 9.35. The van der Waals surface area contributed by atoms with Gasteiger partial charge >= 0.3 is 0 Å². The third-order valence-corrected chi connectivity index (χ3v) is 5.58. The number of benzene rings is 4. The van der Waals surface area contributed by atoms with Gasteiger partial charge in [-0.05, 0) is 53.1 Å². The number of hydrogen-bond donors (Lipinski definition) is 0. The van der Waals surface area contributed by atoms with Crippen LogP contribution in [0.15, 0.2) is 115 Å². The van der Waals surface area contributed by atoms with Crippen LogP contribution in [0.1, 0.15) is 22.6 Å². The lowest BCUT2D eigenvalue weighted by Gasteiger charge is -2.25. The minimum atomic E-state index is -0.840. The highest BCUT2D eigenvalue weighted by Crippen LogP contribution is 2.34. The van der Waals surface area contributed by atoms with Crippen LogP contribution in [0, 0.1) is 22.7 Å². The molecule has 0 spiro atoms. The lowest BCUT2D eigenvalue weighted by molar-refractivity contribution is 1.06. The first kappa shape index (κ1) is 23.0. The highest BCUT2D eigenvalue weighted by atomic mass is 15.1. The molecule has 4 aromatic rings. The van der Waals surface area contributed by atoms with Gasteiger partial charge in [-0.3, -0.25) is 5.87 Å². The number of allylic oxidation sites excluding steroid dienone is 1. The van der Waals surface area contributed by atoms with E-state index in [1.54, 1.807) is 12.1 Å². The summed E-state index contributed by atoms with van der Waals surface area (Å²) in [5.74, 6) is 0.971. The Morgan fingerprint density at radius 1 is 0.657 bits per heavy atom. The Bertz CT molecular complexity index is 1390. The van der Waals surface area contributed by atoms with Gasteiger partial charge in [-0.25, -0.2) is 0 Å². The molecular formula is C31H21N4-. The van der Waals surface area contributed by atoms with Gasteiger partial charge in [-0.2, -0.15) is 10.5 Å². The number of hydrogen-bond acceptors (Lipinski definition) is 3. The standard InChI is InChI=1S/C31H21N4/c32-21-27(22-33)31(23-34)26-17-13-24(14-18-26)11-12-25-15-19-30(20-16-25)35(28-7-3-1-4-8-28)29-9-5-2-6-10-29/h1-20,31H/q-1/b12-11+. The molecule has 0 aliphatic carbocycles. The molecule has 0 saturated heterocycles. The second-order valence-electron chi connectivity index (χ2n) is 7.80. The molecule has 0 heterocycles. The number of anilines is 3. The van der Waals surface area contributed by atoms with Gasteiger partial charge in [0.1, 0.15) is 12.0 Å². The SMILES string of the molecule is N#CC(=C=[N-])C(C#N)c1ccc(/C=C/c2ccc(N(c3ccccc3)c3ccccc3)cc2)cc1. The van der Waals surface area contributed by atoms with Crippen LogP contribution in [-0.4, -0.2) is 5.87 Å². The maximum atomic E-state index is 9.35. The summed E-state index contributed by atoms with van der Waals surface area (Å²) in [7, 11) is 0. The van der Waals surface area contributed by atoms with Crippen LogP contribution in [0.2, 0.25) is 0 Å². The number of rotatable bonds is 7. The summed E-state index contributed by atoms with van der Waals surface area (Å²) in [6, 6.07) is 40.0. The van der Waals surface area contributed by atoms with Gasteiger partial charge in [0.05, 0.1) is 11.6 Å². The zero-order valence-electron chi connectivity index (χ0n) is 18.9. The van der Waals surface area contributed by atoms with Gasteiger partial charge < -0.3 is 10.3 Å². The van der Waals surface area contributed by atoms with Crippen LogP contribution in [0.4, 0.5) is 17.1 Å². The highest BCUT2D eigenvalue weighted by Gasteiger charge is 2.14. The van der Waals surface area contributed by atoms with E-state index in [0.29, 0.717) is 5.56 Å². The van der Waals surface area contributed by atoms with Gasteiger partial charge in [0.15, 0.2) is 0 Å². The van der Waals surface area contributed by atoms with Gasteiger partial charge in [0, 0.05) is 17.1 Å². The number of para-hydroxylation sites is 2. The molecule has 4 nitrogen and oxygen atoms in total. The molecule has 1 atom stereocenters. The van der Waals surface area contributed by atoms with Crippen molar-refractivity contribution in [3.63, 3.8) is 0 Å². The molecule has 4 aromatic carbocycles. The first-order chi connectivity index (χ1) is 17.2. The Morgan fingerprint density at radius 2 is 1.11 bits per heavy atom. The molecule has 0 amide bonds. The molecule has 0 bridgehead atoms. The minimum absolute atomic E-state index is 0.101. The maximum Gasteiger partial charge on any atom is 0.112 e. The Kier molecular flexibility index (Phi) is 7.32. The third kappa shape index (κ3) is 5.44. The van der Waals surface area contributed by atoms with Crippen molar-refractivity contribution in [3.8, 4) is 12.1 Å². The summed E-state index contributed by atoms with van der Waals surface area (Å²) in [6.45, 7) is 0. The molecular weight excluding hydrogens is 428 g/mol. The van der Waals surface area contributed by atoms with Crippen LogP contribution >= 0.6 is 0 Å². The molecule has 166 valence electrons. The largest absolute Gasteiger partial charge is 0.762 e. The molecule has 0 radical (unpaired) electrons. The molecule has 35 heavy (non-hydrogen) atoms. The van der Waals surface area contributed by atoms with Gasteiger partial charge in [-0.15, -0.1) is 0 Å². The molecule has 0 aliphatic heterocycles. The second kappa shape index (κ2) is 11.1. The van der Waals surface area contributed by atoms with E-state index in [-0.39, 0.29) is 5.57 Å². The van der Waals surface area contributed by atoms with Crippen molar-refractivity contribution in [2.75, 3.05) is 4.90 Å².